The van der Waals surface area contributed by atoms with Gasteiger partial charge >= 0.3 is 0 Å². The molecule has 1 aliphatic rings. The van der Waals surface area contributed by atoms with Crippen LogP contribution < -0.4 is 9.47 Å². The number of hydrogen-bond donors (Lipinski definition) is 0. The van der Waals surface area contributed by atoms with E-state index in [1.807, 2.05) is 18.2 Å². The average Bonchev–Trinajstić information content (AvgIpc) is 3.72. The maximum Gasteiger partial charge on any atom is 0.213 e. The van der Waals surface area contributed by atoms with E-state index < -0.39 is 0 Å². The molecule has 3 aromatic rings. The number of halogens is 2. The van der Waals surface area contributed by atoms with Crippen LogP contribution >= 0.6 is 22.6 Å². The molecular weight excluding hydrogens is 578 g/mol. The predicted molar refractivity (Wildman–Crippen MR) is 157 cm³/mol. The number of alkyl halides is 1. The molecule has 1 fully saturated rings. The zero-order chi connectivity index (χ0) is 26.5. The minimum absolute atomic E-state index is 0.352. The number of nitrogens with zero attached hydrogens (tertiary/aromatic N) is 2. The van der Waals surface area contributed by atoms with Gasteiger partial charge in [0, 0.05) is 34.7 Å². The highest BCUT2D eigenvalue weighted by molar-refractivity contribution is 14.1. The molecule has 1 aromatic heterocycles. The summed E-state index contributed by atoms with van der Waals surface area (Å²) in [6.45, 7) is 9.94. The van der Waals surface area contributed by atoms with Crippen LogP contribution in [-0.2, 0) is 13.2 Å². The molecule has 1 heterocycles. The molecule has 4 nitrogen and oxygen atoms in total. The third-order valence-corrected chi connectivity index (χ3v) is 8.18. The molecule has 1 unspecified atom stereocenters. The maximum atomic E-state index is 14.9. The van der Waals surface area contributed by atoms with E-state index >= 15 is 0 Å². The Labute approximate surface area is 234 Å². The van der Waals surface area contributed by atoms with Crippen LogP contribution in [0.5, 0.6) is 11.6 Å². The van der Waals surface area contributed by atoms with E-state index in [9.17, 15) is 4.39 Å². The van der Waals surface area contributed by atoms with Gasteiger partial charge in [0.25, 0.3) is 0 Å². The molecule has 6 heteroatoms. The van der Waals surface area contributed by atoms with Gasteiger partial charge in [0.15, 0.2) is 0 Å². The molecular formula is C31H38FIN2O2. The van der Waals surface area contributed by atoms with Crippen molar-refractivity contribution in [2.24, 2.45) is 5.92 Å². The normalized spacial score (nSPS) is 14.4. The smallest absolute Gasteiger partial charge is 0.213 e. The topological polar surface area (TPSA) is 34.6 Å². The Morgan fingerprint density at radius 3 is 2.43 bits per heavy atom. The molecule has 0 spiro atoms. The fourth-order valence-corrected chi connectivity index (χ4v) is 6.24. The van der Waals surface area contributed by atoms with Crippen molar-refractivity contribution in [1.29, 1.82) is 0 Å². The second kappa shape index (κ2) is 12.6. The molecule has 0 saturated heterocycles. The molecule has 1 atom stereocenters. The summed E-state index contributed by atoms with van der Waals surface area (Å²) in [5.74, 6) is 2.37. The van der Waals surface area contributed by atoms with E-state index in [1.165, 1.54) is 24.6 Å². The van der Waals surface area contributed by atoms with Crippen molar-refractivity contribution in [2.75, 3.05) is 11.5 Å². The SMILES string of the molecule is COc1cc(-c2ccc(COc3cccc(C(CI)C4CC4)c3)cc2CN(C(C)C)C(C)C)c(F)cn1. The lowest BCUT2D eigenvalue weighted by atomic mass is 9.96. The van der Waals surface area contributed by atoms with Gasteiger partial charge in [-0.15, -0.1) is 0 Å². The van der Waals surface area contributed by atoms with E-state index in [0.29, 0.717) is 42.6 Å². The van der Waals surface area contributed by atoms with Crippen molar-refractivity contribution < 1.29 is 13.9 Å². The van der Waals surface area contributed by atoms with Crippen LogP contribution in [-0.4, -0.2) is 33.5 Å². The lowest BCUT2D eigenvalue weighted by Gasteiger charge is -2.31. The molecule has 1 aliphatic carbocycles. The van der Waals surface area contributed by atoms with Crippen molar-refractivity contribution in [3.8, 4) is 22.8 Å². The lowest BCUT2D eigenvalue weighted by Crippen LogP contribution is -2.36. The monoisotopic (exact) mass is 616 g/mol. The summed E-state index contributed by atoms with van der Waals surface area (Å²) in [7, 11) is 1.55. The zero-order valence-corrected chi connectivity index (χ0v) is 24.7. The highest BCUT2D eigenvalue weighted by Gasteiger charge is 2.31. The first-order chi connectivity index (χ1) is 17.8. The number of methoxy groups -OCH3 is 1. The summed E-state index contributed by atoms with van der Waals surface area (Å²) in [5.41, 5.74) is 4.84. The largest absolute Gasteiger partial charge is 0.489 e. The Kier molecular flexibility index (Phi) is 9.46. The Morgan fingerprint density at radius 2 is 1.78 bits per heavy atom. The van der Waals surface area contributed by atoms with Gasteiger partial charge in [-0.25, -0.2) is 9.37 Å². The molecule has 0 radical (unpaired) electrons. The first-order valence-corrected chi connectivity index (χ1v) is 14.7. The van der Waals surface area contributed by atoms with E-state index in [1.54, 1.807) is 13.2 Å². The van der Waals surface area contributed by atoms with Crippen LogP contribution in [0.2, 0.25) is 0 Å². The summed E-state index contributed by atoms with van der Waals surface area (Å²) in [4.78, 5) is 6.43. The summed E-state index contributed by atoms with van der Waals surface area (Å²) in [5, 5.41) is 0. The molecule has 2 aromatic carbocycles. The fourth-order valence-electron chi connectivity index (χ4n) is 5.01. The summed E-state index contributed by atoms with van der Waals surface area (Å²) in [6, 6.07) is 17.1. The van der Waals surface area contributed by atoms with Gasteiger partial charge < -0.3 is 9.47 Å². The third kappa shape index (κ3) is 7.02. The number of aromatic nitrogens is 1. The molecule has 4 rings (SSSR count). The standard InChI is InChI=1S/C31H38FIN2O2/c1-20(2)35(21(3)4)18-25-13-22(9-12-27(25)28-15-31(36-5)34-17-30(28)32)19-37-26-8-6-7-24(14-26)29(16-33)23-10-11-23/h6-9,12-15,17,20-21,23,29H,10-11,16,18-19H2,1-5H3. The van der Waals surface area contributed by atoms with E-state index in [4.69, 9.17) is 9.47 Å². The highest BCUT2D eigenvalue weighted by atomic mass is 127. The van der Waals surface area contributed by atoms with Crippen LogP contribution in [0.4, 0.5) is 4.39 Å². The Bertz CT molecular complexity index is 1190. The number of hydrogen-bond acceptors (Lipinski definition) is 4. The predicted octanol–water partition coefficient (Wildman–Crippen LogP) is 8.02. The second-order valence-corrected chi connectivity index (χ2v) is 11.4. The van der Waals surface area contributed by atoms with Crippen LogP contribution in [0.1, 0.15) is 63.1 Å². The number of pyridine rings is 1. The van der Waals surface area contributed by atoms with Crippen molar-refractivity contribution in [3.05, 3.63) is 77.2 Å². The van der Waals surface area contributed by atoms with Crippen LogP contribution in [0, 0.1) is 11.7 Å². The fraction of sp³-hybridized carbons (Fsp3) is 0.452. The number of benzene rings is 2. The van der Waals surface area contributed by atoms with Crippen molar-refractivity contribution in [1.82, 2.24) is 9.88 Å². The van der Waals surface area contributed by atoms with Crippen molar-refractivity contribution >= 4 is 22.6 Å². The molecule has 198 valence electrons. The summed E-state index contributed by atoms with van der Waals surface area (Å²) >= 11 is 2.50. The lowest BCUT2D eigenvalue weighted by molar-refractivity contribution is 0.166. The number of ether oxygens (including phenoxy) is 2. The van der Waals surface area contributed by atoms with Crippen LogP contribution in [0.3, 0.4) is 0 Å². The van der Waals surface area contributed by atoms with Gasteiger partial charge in [-0.1, -0.05) is 52.9 Å². The van der Waals surface area contributed by atoms with Gasteiger partial charge in [0.05, 0.1) is 13.3 Å². The maximum absolute atomic E-state index is 14.9. The van der Waals surface area contributed by atoms with Gasteiger partial charge in [-0.3, -0.25) is 4.90 Å². The minimum Gasteiger partial charge on any atom is -0.489 e. The molecule has 1 saturated carbocycles. The molecule has 0 aliphatic heterocycles. The molecule has 0 amide bonds. The van der Waals surface area contributed by atoms with E-state index in [0.717, 1.165) is 32.8 Å². The average molecular weight is 617 g/mol. The van der Waals surface area contributed by atoms with Crippen LogP contribution in [0.15, 0.2) is 54.7 Å². The molecule has 0 N–H and O–H groups in total. The van der Waals surface area contributed by atoms with Gasteiger partial charge in [-0.2, -0.15) is 0 Å². The van der Waals surface area contributed by atoms with Gasteiger partial charge in [0.1, 0.15) is 18.2 Å². The second-order valence-electron chi connectivity index (χ2n) is 10.5. The Balaban J connectivity index is 1.62. The Morgan fingerprint density at radius 1 is 1.03 bits per heavy atom. The zero-order valence-electron chi connectivity index (χ0n) is 22.5. The Hall–Kier alpha value is -2.19. The minimum atomic E-state index is -0.357. The summed E-state index contributed by atoms with van der Waals surface area (Å²) < 4.78 is 27.6. The summed E-state index contributed by atoms with van der Waals surface area (Å²) in [6.07, 6.45) is 3.90. The van der Waals surface area contributed by atoms with E-state index in [-0.39, 0.29) is 5.82 Å². The van der Waals surface area contributed by atoms with Crippen LogP contribution in [0.25, 0.3) is 11.1 Å². The highest BCUT2D eigenvalue weighted by Crippen LogP contribution is 2.44. The third-order valence-electron chi connectivity index (χ3n) is 7.23. The number of rotatable bonds is 12. The molecule has 37 heavy (non-hydrogen) atoms. The first-order valence-electron chi connectivity index (χ1n) is 13.2. The van der Waals surface area contributed by atoms with Crippen molar-refractivity contribution in [2.45, 2.75) is 71.7 Å². The van der Waals surface area contributed by atoms with Crippen molar-refractivity contribution in [3.63, 3.8) is 0 Å². The van der Waals surface area contributed by atoms with Gasteiger partial charge in [-0.05, 0) is 86.8 Å². The van der Waals surface area contributed by atoms with Gasteiger partial charge in [0.2, 0.25) is 5.88 Å². The first kappa shape index (κ1) is 27.8. The van der Waals surface area contributed by atoms with E-state index in [2.05, 4.69) is 84.4 Å². The quantitative estimate of drug-likeness (QED) is 0.153. The molecule has 0 bridgehead atoms.